The van der Waals surface area contributed by atoms with E-state index < -0.39 is 25.7 Å². The van der Waals surface area contributed by atoms with Gasteiger partial charge in [-0.2, -0.15) is 8.42 Å². The van der Waals surface area contributed by atoms with Crippen LogP contribution in [-0.2, 0) is 10.1 Å². The number of phenols is 1. The molecule has 2 rings (SSSR count). The summed E-state index contributed by atoms with van der Waals surface area (Å²) in [6.45, 7) is 0. The number of rotatable bonds is 2. The Morgan fingerprint density at radius 1 is 1.21 bits per heavy atom. The fourth-order valence-corrected chi connectivity index (χ4v) is 2.21. The molecule has 0 aliphatic rings. The molecule has 0 atom stereocenters. The number of anilines is 1. The number of nitro benzene ring substituents is 1. The molecule has 100 valence electrons. The largest absolute Gasteiger partial charge is 0.505 e. The summed E-state index contributed by atoms with van der Waals surface area (Å²) >= 11 is 0. The molecule has 0 heterocycles. The summed E-state index contributed by atoms with van der Waals surface area (Å²) < 4.78 is 30.9. The van der Waals surface area contributed by atoms with Gasteiger partial charge in [0.05, 0.1) is 20.9 Å². The van der Waals surface area contributed by atoms with Crippen molar-refractivity contribution in [3.05, 3.63) is 34.4 Å². The number of hydrogen-bond acceptors (Lipinski definition) is 6. The maximum atomic E-state index is 11.0. The first kappa shape index (κ1) is 13.1. The molecule has 0 saturated heterocycles. The highest BCUT2D eigenvalue weighted by Gasteiger charge is 2.20. The van der Waals surface area contributed by atoms with E-state index in [2.05, 4.69) is 0 Å². The summed E-state index contributed by atoms with van der Waals surface area (Å²) in [6, 6.07) is 4.02. The van der Waals surface area contributed by atoms with Gasteiger partial charge in [0.25, 0.3) is 15.8 Å². The second-order valence-electron chi connectivity index (χ2n) is 3.77. The van der Waals surface area contributed by atoms with E-state index in [1.807, 2.05) is 0 Å². The predicted molar refractivity (Wildman–Crippen MR) is 66.5 cm³/mol. The first-order valence-corrected chi connectivity index (χ1v) is 6.33. The lowest BCUT2D eigenvalue weighted by Gasteiger charge is -2.06. The van der Waals surface area contributed by atoms with E-state index in [-0.39, 0.29) is 22.1 Å². The number of phenolic OH excluding ortho intramolecular Hbond substituents is 1. The van der Waals surface area contributed by atoms with Crippen molar-refractivity contribution in [3.8, 4) is 5.75 Å². The highest BCUT2D eigenvalue weighted by atomic mass is 32.2. The molecule has 0 fully saturated rings. The number of fused-ring (bicyclic) bond motifs is 1. The van der Waals surface area contributed by atoms with Crippen LogP contribution >= 0.6 is 0 Å². The van der Waals surface area contributed by atoms with Gasteiger partial charge in [-0.25, -0.2) is 0 Å². The summed E-state index contributed by atoms with van der Waals surface area (Å²) in [6.07, 6.45) is 0. The van der Waals surface area contributed by atoms with Crippen molar-refractivity contribution in [1.82, 2.24) is 0 Å². The van der Waals surface area contributed by atoms with Gasteiger partial charge in [0.1, 0.15) is 5.75 Å². The van der Waals surface area contributed by atoms with Crippen LogP contribution in [-0.4, -0.2) is 23.0 Å². The molecule has 4 N–H and O–H groups in total. The molecule has 0 amide bonds. The summed E-state index contributed by atoms with van der Waals surface area (Å²) in [4.78, 5) is 9.67. The van der Waals surface area contributed by atoms with Crippen LogP contribution in [0.25, 0.3) is 10.8 Å². The topological polar surface area (TPSA) is 144 Å². The highest BCUT2D eigenvalue weighted by molar-refractivity contribution is 7.85. The number of non-ortho nitro benzene ring substituents is 1. The van der Waals surface area contributed by atoms with E-state index in [0.717, 1.165) is 24.3 Å². The average Bonchev–Trinajstić information content (AvgIpc) is 2.31. The SMILES string of the molecule is Nc1cc([N+](=O)[O-])c2ccc(S(=O)(=O)O)cc2c1O. The summed E-state index contributed by atoms with van der Waals surface area (Å²) in [5, 5.41) is 20.5. The predicted octanol–water partition coefficient (Wildman–Crippen LogP) is 1.28. The van der Waals surface area contributed by atoms with Gasteiger partial charge >= 0.3 is 0 Å². The maximum Gasteiger partial charge on any atom is 0.294 e. The summed E-state index contributed by atoms with van der Waals surface area (Å²) in [5.74, 6) is -0.480. The molecule has 2 aromatic rings. The molecule has 9 heteroatoms. The lowest BCUT2D eigenvalue weighted by Crippen LogP contribution is -1.99. The highest BCUT2D eigenvalue weighted by Crippen LogP contribution is 2.38. The molecule has 2 aromatic carbocycles. The van der Waals surface area contributed by atoms with Crippen molar-refractivity contribution in [1.29, 1.82) is 0 Å². The van der Waals surface area contributed by atoms with Gasteiger partial charge in [0.15, 0.2) is 0 Å². The second-order valence-corrected chi connectivity index (χ2v) is 5.19. The van der Waals surface area contributed by atoms with Crippen LogP contribution in [0.3, 0.4) is 0 Å². The molecule has 19 heavy (non-hydrogen) atoms. The Morgan fingerprint density at radius 2 is 1.84 bits per heavy atom. The molecule has 0 aliphatic heterocycles. The summed E-state index contributed by atoms with van der Waals surface area (Å²) in [7, 11) is -4.48. The average molecular weight is 284 g/mol. The minimum atomic E-state index is -4.48. The Hall–Kier alpha value is -2.39. The Labute approximate surface area is 107 Å². The third-order valence-corrected chi connectivity index (χ3v) is 3.43. The van der Waals surface area contributed by atoms with E-state index in [4.69, 9.17) is 10.3 Å². The van der Waals surface area contributed by atoms with Crippen molar-refractivity contribution >= 4 is 32.3 Å². The van der Waals surface area contributed by atoms with Crippen molar-refractivity contribution in [2.75, 3.05) is 5.73 Å². The zero-order valence-corrected chi connectivity index (χ0v) is 10.1. The van der Waals surface area contributed by atoms with Crippen LogP contribution in [0.4, 0.5) is 11.4 Å². The van der Waals surface area contributed by atoms with Gasteiger partial charge in [-0.15, -0.1) is 0 Å². The number of hydrogen-bond donors (Lipinski definition) is 3. The summed E-state index contributed by atoms with van der Waals surface area (Å²) in [5.41, 5.74) is 4.79. The molecule has 0 saturated carbocycles. The van der Waals surface area contributed by atoms with Gasteiger partial charge in [0.2, 0.25) is 0 Å². The minimum absolute atomic E-state index is 0.0177. The minimum Gasteiger partial charge on any atom is -0.505 e. The van der Waals surface area contributed by atoms with Crippen molar-refractivity contribution in [2.24, 2.45) is 0 Å². The zero-order valence-electron chi connectivity index (χ0n) is 9.27. The van der Waals surface area contributed by atoms with Gasteiger partial charge in [-0.3, -0.25) is 14.7 Å². The van der Waals surface area contributed by atoms with Crippen LogP contribution in [0.1, 0.15) is 0 Å². The number of nitro groups is 1. The van der Waals surface area contributed by atoms with E-state index in [0.29, 0.717) is 0 Å². The van der Waals surface area contributed by atoms with Gasteiger partial charge in [-0.05, 0) is 18.2 Å². The van der Waals surface area contributed by atoms with E-state index in [1.54, 1.807) is 0 Å². The van der Waals surface area contributed by atoms with Gasteiger partial charge in [0, 0.05) is 11.5 Å². The van der Waals surface area contributed by atoms with Crippen LogP contribution in [0.15, 0.2) is 29.2 Å². The Kier molecular flexibility index (Phi) is 2.80. The van der Waals surface area contributed by atoms with Crippen LogP contribution in [0.2, 0.25) is 0 Å². The first-order chi connectivity index (χ1) is 8.71. The third kappa shape index (κ3) is 2.16. The molecule has 0 unspecified atom stereocenters. The lowest BCUT2D eigenvalue weighted by molar-refractivity contribution is -0.383. The molecule has 8 nitrogen and oxygen atoms in total. The van der Waals surface area contributed by atoms with Crippen LogP contribution in [0, 0.1) is 10.1 Å². The zero-order chi connectivity index (χ0) is 14.4. The number of nitrogens with zero attached hydrogens (tertiary/aromatic N) is 1. The van der Waals surface area contributed by atoms with Crippen molar-refractivity contribution in [3.63, 3.8) is 0 Å². The normalized spacial score (nSPS) is 11.6. The van der Waals surface area contributed by atoms with E-state index >= 15 is 0 Å². The molecular formula is C10H8N2O6S. The van der Waals surface area contributed by atoms with Crippen molar-refractivity contribution in [2.45, 2.75) is 4.90 Å². The van der Waals surface area contributed by atoms with E-state index in [9.17, 15) is 23.6 Å². The van der Waals surface area contributed by atoms with Gasteiger partial charge < -0.3 is 10.8 Å². The Morgan fingerprint density at radius 3 is 2.37 bits per heavy atom. The molecule has 0 spiro atoms. The Balaban J connectivity index is 2.94. The standard InChI is InChI=1S/C10H8N2O6S/c11-8-4-9(12(14)15)6-2-1-5(19(16,17)18)3-7(6)10(8)13/h1-4,13H,11H2,(H,16,17,18). The number of benzene rings is 2. The third-order valence-electron chi connectivity index (χ3n) is 2.58. The first-order valence-electron chi connectivity index (χ1n) is 4.89. The fourth-order valence-electron chi connectivity index (χ4n) is 1.70. The number of aromatic hydroxyl groups is 1. The number of nitrogens with two attached hydrogens (primary N) is 1. The van der Waals surface area contributed by atoms with Crippen molar-refractivity contribution < 1.29 is 23.0 Å². The van der Waals surface area contributed by atoms with E-state index in [1.165, 1.54) is 0 Å². The maximum absolute atomic E-state index is 11.0. The lowest BCUT2D eigenvalue weighted by atomic mass is 10.1. The Bertz CT molecular complexity index is 799. The fraction of sp³-hybridized carbons (Fsp3) is 0. The molecular weight excluding hydrogens is 276 g/mol. The second kappa shape index (κ2) is 4.07. The van der Waals surface area contributed by atoms with Crippen LogP contribution < -0.4 is 5.73 Å². The quantitative estimate of drug-likeness (QED) is 0.247. The monoisotopic (exact) mass is 284 g/mol. The van der Waals surface area contributed by atoms with Gasteiger partial charge in [-0.1, -0.05) is 0 Å². The number of nitrogen functional groups attached to an aromatic ring is 1. The smallest absolute Gasteiger partial charge is 0.294 e. The van der Waals surface area contributed by atoms with Crippen LogP contribution in [0.5, 0.6) is 5.75 Å². The molecule has 0 aromatic heterocycles. The molecule has 0 aliphatic carbocycles. The molecule has 0 radical (unpaired) electrons. The molecule has 0 bridgehead atoms.